The van der Waals surface area contributed by atoms with Crippen LogP contribution in [-0.4, -0.2) is 27.5 Å². The van der Waals surface area contributed by atoms with Crippen molar-refractivity contribution in [2.75, 3.05) is 11.4 Å². The molecule has 0 aliphatic carbocycles. The minimum absolute atomic E-state index is 0.127. The van der Waals surface area contributed by atoms with Crippen LogP contribution in [0.15, 0.2) is 29.8 Å². The summed E-state index contributed by atoms with van der Waals surface area (Å²) in [4.78, 5) is 14.9. The zero-order valence-electron chi connectivity index (χ0n) is 9.69. The molecule has 0 aromatic carbocycles. The lowest BCUT2D eigenvalue weighted by atomic mass is 10.4. The second kappa shape index (κ2) is 4.78. The maximum Gasteiger partial charge on any atom is 0.229 e. The van der Waals surface area contributed by atoms with Gasteiger partial charge in [-0.1, -0.05) is 6.07 Å². The SMILES string of the molecule is O=C1CC(S)CN1c1ccnn1Cc1cccs1. The molecule has 0 saturated carbocycles. The Bertz CT molecular complexity index is 549. The summed E-state index contributed by atoms with van der Waals surface area (Å²) in [7, 11) is 0. The molecule has 1 atom stereocenters. The number of anilines is 1. The maximum atomic E-state index is 11.9. The molecule has 3 rings (SSSR count). The van der Waals surface area contributed by atoms with E-state index in [1.54, 1.807) is 22.4 Å². The van der Waals surface area contributed by atoms with Crippen molar-refractivity contribution in [3.63, 3.8) is 0 Å². The number of nitrogens with zero attached hydrogens (tertiary/aromatic N) is 3. The lowest BCUT2D eigenvalue weighted by molar-refractivity contribution is -0.117. The molecule has 2 aromatic rings. The topological polar surface area (TPSA) is 38.1 Å². The second-order valence-corrected chi connectivity index (χ2v) is 6.05. The van der Waals surface area contributed by atoms with Crippen LogP contribution in [0.4, 0.5) is 5.82 Å². The summed E-state index contributed by atoms with van der Waals surface area (Å²) in [5.41, 5.74) is 0. The van der Waals surface area contributed by atoms with Crippen LogP contribution in [0.3, 0.4) is 0 Å². The Kier molecular flexibility index (Phi) is 3.13. The normalized spacial score (nSPS) is 19.7. The summed E-state index contributed by atoms with van der Waals surface area (Å²) in [6.45, 7) is 1.37. The van der Waals surface area contributed by atoms with E-state index in [0.717, 1.165) is 5.82 Å². The van der Waals surface area contributed by atoms with Crippen molar-refractivity contribution < 1.29 is 4.79 Å². The van der Waals surface area contributed by atoms with Gasteiger partial charge in [0.2, 0.25) is 5.91 Å². The Hall–Kier alpha value is -1.27. The zero-order chi connectivity index (χ0) is 12.5. The van der Waals surface area contributed by atoms with E-state index in [-0.39, 0.29) is 11.2 Å². The van der Waals surface area contributed by atoms with Crippen LogP contribution in [0.2, 0.25) is 0 Å². The summed E-state index contributed by atoms with van der Waals surface area (Å²) in [6.07, 6.45) is 2.25. The van der Waals surface area contributed by atoms with Crippen LogP contribution in [0.25, 0.3) is 0 Å². The van der Waals surface area contributed by atoms with Crippen molar-refractivity contribution in [2.24, 2.45) is 0 Å². The number of rotatable bonds is 3. The highest BCUT2D eigenvalue weighted by molar-refractivity contribution is 7.81. The number of thiophene rings is 1. The first-order chi connectivity index (χ1) is 8.74. The summed E-state index contributed by atoms with van der Waals surface area (Å²) in [5, 5.41) is 6.47. The highest BCUT2D eigenvalue weighted by atomic mass is 32.1. The van der Waals surface area contributed by atoms with Gasteiger partial charge in [0.05, 0.1) is 12.7 Å². The molecule has 1 aliphatic heterocycles. The molecule has 6 heteroatoms. The Morgan fingerprint density at radius 2 is 2.39 bits per heavy atom. The van der Waals surface area contributed by atoms with E-state index >= 15 is 0 Å². The second-order valence-electron chi connectivity index (χ2n) is 4.29. The molecule has 3 heterocycles. The molecule has 1 saturated heterocycles. The summed E-state index contributed by atoms with van der Waals surface area (Å²) in [5.74, 6) is 0.993. The highest BCUT2D eigenvalue weighted by Crippen LogP contribution is 2.24. The molecule has 94 valence electrons. The molecule has 0 spiro atoms. The highest BCUT2D eigenvalue weighted by Gasteiger charge is 2.30. The van der Waals surface area contributed by atoms with Crippen molar-refractivity contribution in [3.8, 4) is 0 Å². The van der Waals surface area contributed by atoms with Crippen molar-refractivity contribution in [2.45, 2.75) is 18.2 Å². The smallest absolute Gasteiger partial charge is 0.229 e. The Morgan fingerprint density at radius 1 is 1.50 bits per heavy atom. The van der Waals surface area contributed by atoms with Gasteiger partial charge < -0.3 is 0 Å². The number of carbonyl (C=O) groups excluding carboxylic acids is 1. The monoisotopic (exact) mass is 279 g/mol. The van der Waals surface area contributed by atoms with Gasteiger partial charge in [-0.2, -0.15) is 17.7 Å². The third kappa shape index (κ3) is 2.18. The third-order valence-electron chi connectivity index (χ3n) is 2.96. The van der Waals surface area contributed by atoms with Gasteiger partial charge in [0.15, 0.2) is 0 Å². The first kappa shape index (κ1) is 11.8. The van der Waals surface area contributed by atoms with Crippen molar-refractivity contribution in [3.05, 3.63) is 34.7 Å². The zero-order valence-corrected chi connectivity index (χ0v) is 11.4. The first-order valence-electron chi connectivity index (χ1n) is 5.76. The molecule has 1 fully saturated rings. The van der Waals surface area contributed by atoms with Gasteiger partial charge in [0.1, 0.15) is 5.82 Å². The fourth-order valence-corrected chi connectivity index (χ4v) is 3.14. The number of amides is 1. The quantitative estimate of drug-likeness (QED) is 0.873. The lowest BCUT2D eigenvalue weighted by Gasteiger charge is -2.17. The van der Waals surface area contributed by atoms with Gasteiger partial charge in [-0.3, -0.25) is 9.69 Å². The van der Waals surface area contributed by atoms with Crippen molar-refractivity contribution >= 4 is 35.7 Å². The van der Waals surface area contributed by atoms with Gasteiger partial charge in [-0.25, -0.2) is 4.68 Å². The van der Waals surface area contributed by atoms with Crippen LogP contribution in [-0.2, 0) is 11.3 Å². The van der Waals surface area contributed by atoms with E-state index in [1.165, 1.54) is 4.88 Å². The van der Waals surface area contributed by atoms with E-state index in [2.05, 4.69) is 23.8 Å². The van der Waals surface area contributed by atoms with E-state index in [9.17, 15) is 4.79 Å². The Labute approximate surface area is 115 Å². The average molecular weight is 279 g/mol. The number of carbonyl (C=O) groups is 1. The Morgan fingerprint density at radius 3 is 3.06 bits per heavy atom. The van der Waals surface area contributed by atoms with Gasteiger partial charge in [-0.05, 0) is 11.4 Å². The van der Waals surface area contributed by atoms with Crippen LogP contribution >= 0.6 is 24.0 Å². The molecule has 0 radical (unpaired) electrons. The standard InChI is InChI=1S/C12H13N3OS2/c16-12-6-9(17)7-14(12)11-3-4-13-15(11)8-10-2-1-5-18-10/h1-5,9,17H,6-8H2. The molecule has 1 aliphatic rings. The van der Waals surface area contributed by atoms with Gasteiger partial charge in [0.25, 0.3) is 0 Å². The predicted octanol–water partition coefficient (Wildman–Crippen LogP) is 2.03. The van der Waals surface area contributed by atoms with Crippen LogP contribution < -0.4 is 4.90 Å². The fourth-order valence-electron chi connectivity index (χ4n) is 2.14. The molecule has 0 N–H and O–H groups in total. The minimum atomic E-state index is 0.127. The van der Waals surface area contributed by atoms with E-state index in [0.29, 0.717) is 19.5 Å². The Balaban J connectivity index is 1.85. The fraction of sp³-hybridized carbons (Fsp3) is 0.333. The van der Waals surface area contributed by atoms with E-state index in [4.69, 9.17) is 0 Å². The van der Waals surface area contributed by atoms with Gasteiger partial charge in [0, 0.05) is 29.2 Å². The third-order valence-corrected chi connectivity index (χ3v) is 4.17. The molecule has 4 nitrogen and oxygen atoms in total. The van der Waals surface area contributed by atoms with Gasteiger partial charge >= 0.3 is 0 Å². The molecule has 1 amide bonds. The molecule has 2 aromatic heterocycles. The first-order valence-corrected chi connectivity index (χ1v) is 7.16. The largest absolute Gasteiger partial charge is 0.296 e. The molecule has 1 unspecified atom stereocenters. The van der Waals surface area contributed by atoms with Crippen LogP contribution in [0.1, 0.15) is 11.3 Å². The maximum absolute atomic E-state index is 11.9. The molecule has 18 heavy (non-hydrogen) atoms. The summed E-state index contributed by atoms with van der Waals surface area (Å²) in [6, 6.07) is 5.98. The number of hydrogen-bond donors (Lipinski definition) is 1. The predicted molar refractivity (Wildman–Crippen MR) is 75.4 cm³/mol. The van der Waals surface area contributed by atoms with Crippen molar-refractivity contribution in [1.82, 2.24) is 9.78 Å². The van der Waals surface area contributed by atoms with Crippen LogP contribution in [0.5, 0.6) is 0 Å². The number of hydrogen-bond acceptors (Lipinski definition) is 4. The summed E-state index contributed by atoms with van der Waals surface area (Å²) < 4.78 is 1.87. The molecule has 0 bridgehead atoms. The van der Waals surface area contributed by atoms with E-state index in [1.807, 2.05) is 22.2 Å². The lowest BCUT2D eigenvalue weighted by Crippen LogP contribution is -2.27. The van der Waals surface area contributed by atoms with Crippen LogP contribution in [0, 0.1) is 0 Å². The van der Waals surface area contributed by atoms with E-state index < -0.39 is 0 Å². The summed E-state index contributed by atoms with van der Waals surface area (Å²) >= 11 is 6.07. The molecular formula is C12H13N3OS2. The number of thiol groups is 1. The minimum Gasteiger partial charge on any atom is -0.296 e. The van der Waals surface area contributed by atoms with Gasteiger partial charge in [-0.15, -0.1) is 11.3 Å². The van der Waals surface area contributed by atoms with Crippen molar-refractivity contribution in [1.29, 1.82) is 0 Å². The number of aromatic nitrogens is 2. The average Bonchev–Trinajstić information content (AvgIpc) is 3.02. The molecular weight excluding hydrogens is 266 g/mol.